The molecule has 5 heteroatoms. The summed E-state index contributed by atoms with van der Waals surface area (Å²) in [5.74, 6) is -0.430. The number of ether oxygens (including phenoxy) is 1. The molecule has 0 aliphatic rings. The van der Waals surface area contributed by atoms with Crippen LogP contribution >= 0.6 is 0 Å². The number of aryl methyl sites for hydroxylation is 1. The molecule has 0 fully saturated rings. The fourth-order valence-electron chi connectivity index (χ4n) is 2.95. The maximum absolute atomic E-state index is 12.7. The van der Waals surface area contributed by atoms with Crippen LogP contribution in [-0.4, -0.2) is 18.4 Å². The van der Waals surface area contributed by atoms with Gasteiger partial charge in [-0.05, 0) is 43.5 Å². The maximum atomic E-state index is 12.7. The minimum atomic E-state index is -0.377. The Morgan fingerprint density at radius 3 is 2.35 bits per heavy atom. The predicted molar refractivity (Wildman–Crippen MR) is 121 cm³/mol. The van der Waals surface area contributed by atoms with Crippen molar-refractivity contribution in [3.63, 3.8) is 0 Å². The van der Waals surface area contributed by atoms with Crippen LogP contribution in [0.15, 0.2) is 101 Å². The quantitative estimate of drug-likeness (QED) is 0.135. The van der Waals surface area contributed by atoms with Gasteiger partial charge in [-0.3, -0.25) is 4.79 Å². The fraction of sp³-hybridized carbons (Fsp3) is 0.154. The summed E-state index contributed by atoms with van der Waals surface area (Å²) >= 11 is 0. The molecule has 0 amide bonds. The molecule has 3 rings (SSSR count). The maximum Gasteiger partial charge on any atom is 0.333 e. The van der Waals surface area contributed by atoms with Crippen molar-refractivity contribution in [2.75, 3.05) is 6.61 Å². The summed E-state index contributed by atoms with van der Waals surface area (Å²) < 4.78 is 5.14. The molecule has 0 bridgehead atoms. The summed E-state index contributed by atoms with van der Waals surface area (Å²) in [6.45, 7) is 5.52. The van der Waals surface area contributed by atoms with Crippen molar-refractivity contribution >= 4 is 23.1 Å². The molecule has 0 aliphatic heterocycles. The van der Waals surface area contributed by atoms with E-state index in [0.29, 0.717) is 41.8 Å². The zero-order chi connectivity index (χ0) is 22.1. The van der Waals surface area contributed by atoms with E-state index in [1.807, 2.05) is 48.5 Å². The topological polar surface area (TPSA) is 68.1 Å². The highest BCUT2D eigenvalue weighted by molar-refractivity contribution is 6.09. The highest BCUT2D eigenvalue weighted by atomic mass is 16.5. The third kappa shape index (κ3) is 6.31. The summed E-state index contributed by atoms with van der Waals surface area (Å²) in [6.07, 6.45) is 1.37. The van der Waals surface area contributed by atoms with Crippen molar-refractivity contribution in [3.8, 4) is 0 Å². The first-order valence-corrected chi connectivity index (χ1v) is 10.1. The van der Waals surface area contributed by atoms with Gasteiger partial charge >= 0.3 is 5.97 Å². The summed E-state index contributed by atoms with van der Waals surface area (Å²) in [6, 6.07) is 24.0. The number of esters is 1. The molecule has 3 aromatic rings. The number of hydrogen-bond donors (Lipinski definition) is 0. The van der Waals surface area contributed by atoms with E-state index in [1.54, 1.807) is 37.3 Å². The van der Waals surface area contributed by atoms with Crippen LogP contribution in [0.25, 0.3) is 0 Å². The van der Waals surface area contributed by atoms with E-state index in [-0.39, 0.29) is 11.8 Å². The first kappa shape index (κ1) is 21.8. The van der Waals surface area contributed by atoms with Gasteiger partial charge in [-0.2, -0.15) is 10.2 Å². The van der Waals surface area contributed by atoms with Gasteiger partial charge in [0.1, 0.15) is 0 Å². The second-order valence-electron chi connectivity index (χ2n) is 7.09. The van der Waals surface area contributed by atoms with E-state index in [9.17, 15) is 9.59 Å². The molecule has 0 aromatic heterocycles. The van der Waals surface area contributed by atoms with Crippen molar-refractivity contribution in [3.05, 3.63) is 108 Å². The van der Waals surface area contributed by atoms with Gasteiger partial charge in [-0.1, -0.05) is 67.2 Å². The first-order chi connectivity index (χ1) is 15.0. The Labute approximate surface area is 182 Å². The Kier molecular flexibility index (Phi) is 7.60. The lowest BCUT2D eigenvalue weighted by molar-refractivity contribution is -0.139. The van der Waals surface area contributed by atoms with Crippen LogP contribution < -0.4 is 0 Å². The lowest BCUT2D eigenvalue weighted by Crippen LogP contribution is -2.06. The van der Waals surface area contributed by atoms with Crippen LogP contribution in [0, 0.1) is 0 Å². The van der Waals surface area contributed by atoms with Gasteiger partial charge in [0, 0.05) is 16.7 Å². The number of nitrogens with zero attached hydrogens (tertiary/aromatic N) is 2. The standard InChI is InChI=1S/C26H24N2O3/c1-19(2)26(30)31-17-9-14-20-10-6-7-16-24(20)28-27-23-15-8-13-22(18-23)25(29)21-11-4-3-5-12-21/h3-8,10-13,15-16,18H,1,9,14,17H2,2H3. The number of azo groups is 1. The highest BCUT2D eigenvalue weighted by Gasteiger charge is 2.09. The van der Waals surface area contributed by atoms with Crippen LogP contribution in [0.3, 0.4) is 0 Å². The third-order valence-corrected chi connectivity index (χ3v) is 4.58. The normalized spacial score (nSPS) is 10.7. The van der Waals surface area contributed by atoms with E-state index >= 15 is 0 Å². The van der Waals surface area contributed by atoms with Gasteiger partial charge in [0.15, 0.2) is 5.78 Å². The zero-order valence-electron chi connectivity index (χ0n) is 17.5. The van der Waals surface area contributed by atoms with Crippen LogP contribution in [0.1, 0.15) is 34.8 Å². The Balaban J connectivity index is 1.68. The Bertz CT molecular complexity index is 1100. The second kappa shape index (κ2) is 10.8. The molecule has 0 aliphatic carbocycles. The van der Waals surface area contributed by atoms with Gasteiger partial charge < -0.3 is 4.74 Å². The summed E-state index contributed by atoms with van der Waals surface area (Å²) in [5.41, 5.74) is 3.95. The molecule has 0 unspecified atom stereocenters. The highest BCUT2D eigenvalue weighted by Crippen LogP contribution is 2.24. The average molecular weight is 412 g/mol. The molecule has 3 aromatic carbocycles. The molecule has 0 saturated carbocycles. The molecule has 0 atom stereocenters. The van der Waals surface area contributed by atoms with Gasteiger partial charge in [-0.25, -0.2) is 4.79 Å². The number of ketones is 1. The van der Waals surface area contributed by atoms with Crippen LogP contribution in [-0.2, 0) is 16.0 Å². The van der Waals surface area contributed by atoms with E-state index < -0.39 is 0 Å². The van der Waals surface area contributed by atoms with Crippen LogP contribution in [0.5, 0.6) is 0 Å². The number of benzene rings is 3. The molecule has 5 nitrogen and oxygen atoms in total. The van der Waals surface area contributed by atoms with Crippen molar-refractivity contribution in [1.29, 1.82) is 0 Å². The zero-order valence-corrected chi connectivity index (χ0v) is 17.5. The first-order valence-electron chi connectivity index (χ1n) is 10.1. The minimum Gasteiger partial charge on any atom is -0.462 e. The van der Waals surface area contributed by atoms with Crippen molar-refractivity contribution < 1.29 is 14.3 Å². The minimum absolute atomic E-state index is 0.0534. The fourth-order valence-corrected chi connectivity index (χ4v) is 2.95. The summed E-state index contributed by atoms with van der Waals surface area (Å²) in [4.78, 5) is 24.1. The molecular weight excluding hydrogens is 388 g/mol. The molecule has 156 valence electrons. The van der Waals surface area contributed by atoms with E-state index in [1.165, 1.54) is 0 Å². The van der Waals surface area contributed by atoms with Crippen molar-refractivity contribution in [2.45, 2.75) is 19.8 Å². The molecule has 0 saturated heterocycles. The monoisotopic (exact) mass is 412 g/mol. The van der Waals surface area contributed by atoms with E-state index in [0.717, 1.165) is 11.3 Å². The second-order valence-corrected chi connectivity index (χ2v) is 7.09. The number of hydrogen-bond acceptors (Lipinski definition) is 5. The average Bonchev–Trinajstić information content (AvgIpc) is 2.81. The van der Waals surface area contributed by atoms with Gasteiger partial charge in [0.2, 0.25) is 0 Å². The molecule has 0 spiro atoms. The predicted octanol–water partition coefficient (Wildman–Crippen LogP) is 6.38. The SMILES string of the molecule is C=C(C)C(=O)OCCCc1ccccc1N=Nc1cccc(C(=O)c2ccccc2)c1. The third-order valence-electron chi connectivity index (χ3n) is 4.58. The van der Waals surface area contributed by atoms with Crippen molar-refractivity contribution in [2.24, 2.45) is 10.2 Å². The number of carbonyl (C=O) groups excluding carboxylic acids is 2. The summed E-state index contributed by atoms with van der Waals surface area (Å²) in [7, 11) is 0. The van der Waals surface area contributed by atoms with E-state index in [2.05, 4.69) is 16.8 Å². The van der Waals surface area contributed by atoms with Gasteiger partial charge in [0.25, 0.3) is 0 Å². The molecule has 0 radical (unpaired) electrons. The largest absolute Gasteiger partial charge is 0.462 e. The van der Waals surface area contributed by atoms with Crippen LogP contribution in [0.2, 0.25) is 0 Å². The molecule has 31 heavy (non-hydrogen) atoms. The van der Waals surface area contributed by atoms with Crippen molar-refractivity contribution in [1.82, 2.24) is 0 Å². The lowest BCUT2D eigenvalue weighted by atomic mass is 10.0. The Hall–Kier alpha value is -3.86. The molecular formula is C26H24N2O3. The Morgan fingerprint density at radius 2 is 1.58 bits per heavy atom. The van der Waals surface area contributed by atoms with Gasteiger partial charge in [0.05, 0.1) is 18.0 Å². The van der Waals surface area contributed by atoms with Gasteiger partial charge in [-0.15, -0.1) is 0 Å². The smallest absolute Gasteiger partial charge is 0.333 e. The van der Waals surface area contributed by atoms with Crippen LogP contribution in [0.4, 0.5) is 11.4 Å². The molecule has 0 N–H and O–H groups in total. The summed E-state index contributed by atoms with van der Waals surface area (Å²) in [5, 5.41) is 8.71. The number of carbonyl (C=O) groups is 2. The molecule has 0 heterocycles. The van der Waals surface area contributed by atoms with E-state index in [4.69, 9.17) is 4.74 Å². The lowest BCUT2D eigenvalue weighted by Gasteiger charge is -2.06. The Morgan fingerprint density at radius 1 is 0.871 bits per heavy atom. The number of rotatable bonds is 9.